The quantitative estimate of drug-likeness (QED) is 0.688. The molecule has 5 nitrogen and oxygen atoms in total. The largest absolute Gasteiger partial charge is 0.399 e. The fourth-order valence-corrected chi connectivity index (χ4v) is 2.06. The zero-order chi connectivity index (χ0) is 14.0. The maximum absolute atomic E-state index is 12.2. The number of carbonyl (C=O) groups is 1. The van der Waals surface area contributed by atoms with E-state index in [-0.39, 0.29) is 17.9 Å². The average Bonchev–Trinajstić information content (AvgIpc) is 3.16. The van der Waals surface area contributed by atoms with Crippen LogP contribution in [0.1, 0.15) is 23.2 Å². The maximum Gasteiger partial charge on any atom is 0.253 e. The normalized spacial score (nSPS) is 15.9. The molecule has 2 rings (SSSR count). The summed E-state index contributed by atoms with van der Waals surface area (Å²) >= 11 is 0. The van der Waals surface area contributed by atoms with Gasteiger partial charge in [-0.3, -0.25) is 4.79 Å². The minimum absolute atomic E-state index is 0.0890. The number of nitrogens with two attached hydrogens (primary N) is 1. The smallest absolute Gasteiger partial charge is 0.253 e. The predicted molar refractivity (Wildman–Crippen MR) is 76.3 cm³/mol. The number of nitrogens with one attached hydrogen (secondary N) is 1. The Balaban J connectivity index is 2.11. The fraction of sp³-hybridized carbons (Fsp3) is 0.500. The Bertz CT molecular complexity index is 482. The first kappa shape index (κ1) is 13.7. The summed E-state index contributed by atoms with van der Waals surface area (Å²) in [6.07, 6.45) is 1.95. The topological polar surface area (TPSA) is 78.6 Å². The van der Waals surface area contributed by atoms with Gasteiger partial charge in [0.1, 0.15) is 0 Å². The van der Waals surface area contributed by atoms with Crippen molar-refractivity contribution < 1.29 is 9.90 Å². The van der Waals surface area contributed by atoms with Gasteiger partial charge in [0.15, 0.2) is 0 Å². The van der Waals surface area contributed by atoms with Crippen molar-refractivity contribution in [1.29, 1.82) is 0 Å². The Morgan fingerprint density at radius 1 is 1.47 bits per heavy atom. The molecule has 19 heavy (non-hydrogen) atoms. The van der Waals surface area contributed by atoms with Gasteiger partial charge in [0.25, 0.3) is 5.91 Å². The molecule has 5 heteroatoms. The molecular weight excluding hydrogens is 242 g/mol. The van der Waals surface area contributed by atoms with Gasteiger partial charge in [-0.05, 0) is 31.0 Å². The first-order valence-corrected chi connectivity index (χ1v) is 6.43. The van der Waals surface area contributed by atoms with Crippen LogP contribution in [-0.4, -0.2) is 38.3 Å². The van der Waals surface area contributed by atoms with Crippen molar-refractivity contribution in [3.63, 3.8) is 0 Å². The number of aliphatic hydroxyl groups excluding tert-OH is 1. The summed E-state index contributed by atoms with van der Waals surface area (Å²) < 4.78 is 0. The molecule has 0 unspecified atom stereocenters. The van der Waals surface area contributed by atoms with E-state index in [0.29, 0.717) is 17.8 Å². The lowest BCUT2D eigenvalue weighted by atomic mass is 10.1. The van der Waals surface area contributed by atoms with E-state index in [9.17, 15) is 9.90 Å². The highest BCUT2D eigenvalue weighted by Crippen LogP contribution is 2.44. The predicted octanol–water partition coefficient (Wildman–Crippen LogP) is 0.837. The zero-order valence-electron chi connectivity index (χ0n) is 11.4. The van der Waals surface area contributed by atoms with Gasteiger partial charge in [-0.1, -0.05) is 0 Å². The second-order valence-electron chi connectivity index (χ2n) is 5.51. The van der Waals surface area contributed by atoms with Gasteiger partial charge in [-0.2, -0.15) is 0 Å². The minimum atomic E-state index is -0.143. The molecule has 0 radical (unpaired) electrons. The Morgan fingerprint density at radius 2 is 2.16 bits per heavy atom. The van der Waals surface area contributed by atoms with Crippen LogP contribution >= 0.6 is 0 Å². The maximum atomic E-state index is 12.2. The van der Waals surface area contributed by atoms with Crippen LogP contribution in [0.2, 0.25) is 0 Å². The van der Waals surface area contributed by atoms with Crippen molar-refractivity contribution in [1.82, 2.24) is 5.32 Å². The Morgan fingerprint density at radius 3 is 2.68 bits per heavy atom. The highest BCUT2D eigenvalue weighted by molar-refractivity contribution is 6.00. The van der Waals surface area contributed by atoms with Gasteiger partial charge in [0.2, 0.25) is 0 Å². The molecular formula is C14H21N3O2. The minimum Gasteiger partial charge on any atom is -0.399 e. The number of aliphatic hydroxyl groups is 1. The molecule has 0 aliphatic heterocycles. The number of hydrogen-bond donors (Lipinski definition) is 3. The Kier molecular flexibility index (Phi) is 3.66. The van der Waals surface area contributed by atoms with E-state index >= 15 is 0 Å². The first-order chi connectivity index (χ1) is 8.97. The number of nitrogen functional groups attached to an aromatic ring is 1. The van der Waals surface area contributed by atoms with Crippen LogP contribution in [0.4, 0.5) is 11.4 Å². The van der Waals surface area contributed by atoms with Crippen LogP contribution in [0.3, 0.4) is 0 Å². The first-order valence-electron chi connectivity index (χ1n) is 6.43. The molecule has 1 aliphatic carbocycles. The third-order valence-corrected chi connectivity index (χ3v) is 3.66. The van der Waals surface area contributed by atoms with Crippen molar-refractivity contribution >= 4 is 17.3 Å². The van der Waals surface area contributed by atoms with Crippen molar-refractivity contribution in [2.24, 2.45) is 5.41 Å². The molecule has 1 saturated carbocycles. The lowest BCUT2D eigenvalue weighted by molar-refractivity contribution is 0.0936. The van der Waals surface area contributed by atoms with E-state index in [0.717, 1.165) is 18.5 Å². The Hall–Kier alpha value is -1.75. The number of nitrogens with zero attached hydrogens (tertiary/aromatic N) is 1. The molecule has 0 bridgehead atoms. The van der Waals surface area contributed by atoms with Gasteiger partial charge in [-0.15, -0.1) is 0 Å². The van der Waals surface area contributed by atoms with Crippen molar-refractivity contribution in [2.45, 2.75) is 12.8 Å². The molecule has 104 valence electrons. The zero-order valence-corrected chi connectivity index (χ0v) is 11.4. The molecule has 1 aromatic rings. The van der Waals surface area contributed by atoms with Crippen LogP contribution in [0, 0.1) is 5.41 Å². The van der Waals surface area contributed by atoms with E-state index in [4.69, 9.17) is 5.73 Å². The standard InChI is InChI=1S/C14H21N3O2/c1-17(2)12-4-3-10(15)7-11(12)13(19)16-8-14(9-18)5-6-14/h3-4,7,18H,5-6,8-9,15H2,1-2H3,(H,16,19). The van der Waals surface area contributed by atoms with E-state index in [1.807, 2.05) is 25.1 Å². The van der Waals surface area contributed by atoms with Crippen LogP contribution in [0.25, 0.3) is 0 Å². The molecule has 1 amide bonds. The summed E-state index contributed by atoms with van der Waals surface area (Å²) in [4.78, 5) is 14.1. The lowest BCUT2D eigenvalue weighted by Gasteiger charge is -2.19. The number of benzene rings is 1. The molecule has 1 aromatic carbocycles. The van der Waals surface area contributed by atoms with Crippen LogP contribution in [0.5, 0.6) is 0 Å². The molecule has 0 spiro atoms. The van der Waals surface area contributed by atoms with Crippen LogP contribution in [0.15, 0.2) is 18.2 Å². The molecule has 4 N–H and O–H groups in total. The molecule has 0 saturated heterocycles. The van der Waals surface area contributed by atoms with E-state index in [1.165, 1.54) is 0 Å². The second kappa shape index (κ2) is 5.09. The average molecular weight is 263 g/mol. The van der Waals surface area contributed by atoms with Gasteiger partial charge >= 0.3 is 0 Å². The summed E-state index contributed by atoms with van der Waals surface area (Å²) in [7, 11) is 3.77. The second-order valence-corrected chi connectivity index (χ2v) is 5.51. The Labute approximate surface area is 113 Å². The molecule has 0 atom stereocenters. The summed E-state index contributed by atoms with van der Waals surface area (Å²) in [6, 6.07) is 5.30. The highest BCUT2D eigenvalue weighted by Gasteiger charge is 2.42. The third kappa shape index (κ3) is 2.98. The molecule has 1 fully saturated rings. The number of anilines is 2. The summed E-state index contributed by atoms with van der Waals surface area (Å²) in [5.74, 6) is -0.143. The number of amides is 1. The molecule has 1 aliphatic rings. The summed E-state index contributed by atoms with van der Waals surface area (Å²) in [5, 5.41) is 12.1. The van der Waals surface area contributed by atoms with Crippen molar-refractivity contribution in [3.05, 3.63) is 23.8 Å². The van der Waals surface area contributed by atoms with E-state index in [2.05, 4.69) is 5.32 Å². The third-order valence-electron chi connectivity index (χ3n) is 3.66. The summed E-state index contributed by atoms with van der Waals surface area (Å²) in [5.41, 5.74) is 7.63. The van der Waals surface area contributed by atoms with E-state index in [1.54, 1.807) is 12.1 Å². The monoisotopic (exact) mass is 263 g/mol. The lowest BCUT2D eigenvalue weighted by Crippen LogP contribution is -2.32. The summed E-state index contributed by atoms with van der Waals surface area (Å²) in [6.45, 7) is 0.648. The highest BCUT2D eigenvalue weighted by atomic mass is 16.3. The van der Waals surface area contributed by atoms with E-state index < -0.39 is 0 Å². The molecule has 0 aromatic heterocycles. The van der Waals surface area contributed by atoms with Crippen LogP contribution in [-0.2, 0) is 0 Å². The molecule has 0 heterocycles. The fourth-order valence-electron chi connectivity index (χ4n) is 2.06. The van der Waals surface area contributed by atoms with Gasteiger partial charge < -0.3 is 21.1 Å². The number of rotatable bonds is 5. The SMILES string of the molecule is CN(C)c1ccc(N)cc1C(=O)NCC1(CO)CC1. The van der Waals surface area contributed by atoms with Crippen molar-refractivity contribution in [3.8, 4) is 0 Å². The van der Waals surface area contributed by atoms with Crippen molar-refractivity contribution in [2.75, 3.05) is 37.9 Å². The van der Waals surface area contributed by atoms with Gasteiger partial charge in [0, 0.05) is 37.4 Å². The number of hydrogen-bond acceptors (Lipinski definition) is 4. The van der Waals surface area contributed by atoms with Crippen LogP contribution < -0.4 is 16.0 Å². The number of carbonyl (C=O) groups excluding carboxylic acids is 1. The van der Waals surface area contributed by atoms with Gasteiger partial charge in [-0.25, -0.2) is 0 Å². The van der Waals surface area contributed by atoms with Gasteiger partial charge in [0.05, 0.1) is 12.2 Å².